The van der Waals surface area contributed by atoms with Gasteiger partial charge in [0.2, 0.25) is 0 Å². The van der Waals surface area contributed by atoms with Gasteiger partial charge in [0, 0.05) is 21.6 Å². The van der Waals surface area contributed by atoms with Crippen LogP contribution < -0.4 is 0 Å². The summed E-state index contributed by atoms with van der Waals surface area (Å²) >= 11 is 0. The van der Waals surface area contributed by atoms with E-state index in [2.05, 4.69) is 159 Å². The molecule has 46 heavy (non-hydrogen) atoms. The first-order chi connectivity index (χ1) is 22.6. The van der Waals surface area contributed by atoms with E-state index in [-0.39, 0.29) is 5.41 Å². The average Bonchev–Trinajstić information content (AvgIpc) is 3.61. The Hall–Kier alpha value is -5.66. The lowest BCUT2D eigenvalue weighted by molar-refractivity contribution is 0.666. The summed E-state index contributed by atoms with van der Waals surface area (Å²) in [5.41, 5.74) is 12.2. The molecule has 0 spiro atoms. The Kier molecular flexibility index (Phi) is 5.12. The molecule has 1 aliphatic carbocycles. The highest BCUT2D eigenvalue weighted by Gasteiger charge is 2.38. The predicted molar refractivity (Wildman–Crippen MR) is 195 cm³/mol. The molecular formula is C45H30O. The van der Waals surface area contributed by atoms with Crippen LogP contribution in [0.25, 0.3) is 87.6 Å². The van der Waals surface area contributed by atoms with Crippen molar-refractivity contribution in [3.05, 3.63) is 157 Å². The number of benzene rings is 8. The summed E-state index contributed by atoms with van der Waals surface area (Å²) in [5.74, 6) is 0. The molecule has 0 fully saturated rings. The van der Waals surface area contributed by atoms with E-state index >= 15 is 0 Å². The van der Waals surface area contributed by atoms with Crippen LogP contribution in [-0.2, 0) is 5.41 Å². The highest BCUT2D eigenvalue weighted by atomic mass is 16.3. The average molecular weight is 587 g/mol. The molecule has 0 saturated heterocycles. The van der Waals surface area contributed by atoms with Gasteiger partial charge < -0.3 is 4.42 Å². The zero-order valence-corrected chi connectivity index (χ0v) is 25.8. The van der Waals surface area contributed by atoms with Crippen LogP contribution in [0.15, 0.2) is 150 Å². The SMILES string of the molecule is CC1(C)c2ccccc2-c2c(-c3ccc4ccccc4c3)cc3ccc(-c4cccc5oc6c7ccccc7ccc6c45)cc3c21. The molecule has 1 nitrogen and oxygen atoms in total. The third kappa shape index (κ3) is 3.46. The molecule has 1 aromatic heterocycles. The monoisotopic (exact) mass is 586 g/mol. The zero-order chi connectivity index (χ0) is 30.6. The van der Waals surface area contributed by atoms with Crippen LogP contribution in [0.5, 0.6) is 0 Å². The van der Waals surface area contributed by atoms with Crippen molar-refractivity contribution in [3.63, 3.8) is 0 Å². The summed E-state index contributed by atoms with van der Waals surface area (Å²) in [5, 5.41) is 9.80. The van der Waals surface area contributed by atoms with E-state index in [1.54, 1.807) is 0 Å². The molecule has 0 unspecified atom stereocenters. The van der Waals surface area contributed by atoms with Crippen LogP contribution in [0.1, 0.15) is 25.0 Å². The van der Waals surface area contributed by atoms with E-state index in [4.69, 9.17) is 4.42 Å². The molecule has 1 aliphatic rings. The molecule has 0 N–H and O–H groups in total. The van der Waals surface area contributed by atoms with Crippen molar-refractivity contribution in [1.29, 1.82) is 0 Å². The van der Waals surface area contributed by atoms with Gasteiger partial charge in [0.15, 0.2) is 0 Å². The topological polar surface area (TPSA) is 13.1 Å². The van der Waals surface area contributed by atoms with E-state index < -0.39 is 0 Å². The van der Waals surface area contributed by atoms with E-state index in [9.17, 15) is 0 Å². The molecule has 0 bridgehead atoms. The first kappa shape index (κ1) is 25.6. The minimum absolute atomic E-state index is 0.150. The fourth-order valence-corrected chi connectivity index (χ4v) is 8.25. The van der Waals surface area contributed by atoms with Gasteiger partial charge in [-0.05, 0) is 102 Å². The number of hydrogen-bond donors (Lipinski definition) is 0. The Labute approximate surface area is 267 Å². The maximum Gasteiger partial charge on any atom is 0.143 e. The third-order valence-corrected chi connectivity index (χ3v) is 10.4. The molecule has 0 saturated carbocycles. The third-order valence-electron chi connectivity index (χ3n) is 10.4. The summed E-state index contributed by atoms with van der Waals surface area (Å²) in [7, 11) is 0. The molecule has 216 valence electrons. The molecular weight excluding hydrogens is 556 g/mol. The number of furan rings is 1. The van der Waals surface area contributed by atoms with Crippen LogP contribution >= 0.6 is 0 Å². The Bertz CT molecular complexity index is 2720. The van der Waals surface area contributed by atoms with Crippen molar-refractivity contribution in [2.24, 2.45) is 0 Å². The largest absolute Gasteiger partial charge is 0.455 e. The fourth-order valence-electron chi connectivity index (χ4n) is 8.25. The maximum absolute atomic E-state index is 6.56. The number of hydrogen-bond acceptors (Lipinski definition) is 1. The minimum atomic E-state index is -0.150. The molecule has 0 aliphatic heterocycles. The highest BCUT2D eigenvalue weighted by Crippen LogP contribution is 2.55. The lowest BCUT2D eigenvalue weighted by Gasteiger charge is -2.24. The Balaban J connectivity index is 1.27. The van der Waals surface area contributed by atoms with E-state index in [1.807, 2.05) is 0 Å². The quantitative estimate of drug-likeness (QED) is 0.196. The molecule has 9 aromatic rings. The van der Waals surface area contributed by atoms with Gasteiger partial charge in [-0.25, -0.2) is 0 Å². The Morgan fingerprint density at radius 3 is 2.04 bits per heavy atom. The molecule has 10 rings (SSSR count). The zero-order valence-electron chi connectivity index (χ0n) is 25.8. The van der Waals surface area contributed by atoms with Crippen LogP contribution in [0, 0.1) is 0 Å². The predicted octanol–water partition coefficient (Wildman–Crippen LogP) is 12.7. The highest BCUT2D eigenvalue weighted by molar-refractivity contribution is 6.19. The van der Waals surface area contributed by atoms with Gasteiger partial charge >= 0.3 is 0 Å². The Morgan fingerprint density at radius 2 is 1.15 bits per heavy atom. The molecule has 0 radical (unpaired) electrons. The van der Waals surface area contributed by atoms with Crippen LogP contribution in [0.4, 0.5) is 0 Å². The molecule has 1 heterocycles. The van der Waals surface area contributed by atoms with E-state index in [0.29, 0.717) is 0 Å². The number of rotatable bonds is 2. The van der Waals surface area contributed by atoms with Crippen molar-refractivity contribution in [3.8, 4) is 33.4 Å². The van der Waals surface area contributed by atoms with Gasteiger partial charge in [-0.2, -0.15) is 0 Å². The van der Waals surface area contributed by atoms with Gasteiger partial charge in [0.05, 0.1) is 0 Å². The summed E-state index contributed by atoms with van der Waals surface area (Å²) in [6, 6.07) is 53.4. The molecule has 8 aromatic carbocycles. The standard InChI is InChI=1S/C45H30O/c1-45(2)39-16-8-7-14-35(39)42-37(30-19-18-27-10-3-4-12-29(27)24-30)25-32-21-20-31(26-38(32)43(42)45)33-15-9-17-40-41(33)36-23-22-28-11-5-6-13-34(28)44(36)46-40/h3-26H,1-2H3. The molecule has 0 amide bonds. The van der Waals surface area contributed by atoms with Crippen molar-refractivity contribution >= 4 is 54.3 Å². The van der Waals surface area contributed by atoms with Gasteiger partial charge in [-0.15, -0.1) is 0 Å². The van der Waals surface area contributed by atoms with Crippen molar-refractivity contribution in [1.82, 2.24) is 0 Å². The first-order valence-corrected chi connectivity index (χ1v) is 16.1. The summed E-state index contributed by atoms with van der Waals surface area (Å²) in [6.07, 6.45) is 0. The maximum atomic E-state index is 6.56. The van der Waals surface area contributed by atoms with Crippen LogP contribution in [0.2, 0.25) is 0 Å². The fraction of sp³-hybridized carbons (Fsp3) is 0.0667. The first-order valence-electron chi connectivity index (χ1n) is 16.1. The summed E-state index contributed by atoms with van der Waals surface area (Å²) in [4.78, 5) is 0. The number of fused-ring (bicyclic) bond motifs is 11. The summed E-state index contributed by atoms with van der Waals surface area (Å²) < 4.78 is 6.56. The Morgan fingerprint density at radius 1 is 0.457 bits per heavy atom. The second-order valence-corrected chi connectivity index (χ2v) is 13.3. The minimum Gasteiger partial charge on any atom is -0.455 e. The van der Waals surface area contributed by atoms with Gasteiger partial charge in [-0.3, -0.25) is 0 Å². The van der Waals surface area contributed by atoms with Crippen molar-refractivity contribution < 1.29 is 4.42 Å². The van der Waals surface area contributed by atoms with Crippen LogP contribution in [-0.4, -0.2) is 0 Å². The van der Waals surface area contributed by atoms with Crippen molar-refractivity contribution in [2.75, 3.05) is 0 Å². The molecule has 1 heteroatoms. The summed E-state index contributed by atoms with van der Waals surface area (Å²) in [6.45, 7) is 4.78. The molecule has 0 atom stereocenters. The van der Waals surface area contributed by atoms with E-state index in [1.165, 1.54) is 76.8 Å². The second kappa shape index (κ2) is 9.19. The van der Waals surface area contributed by atoms with Gasteiger partial charge in [0.25, 0.3) is 0 Å². The van der Waals surface area contributed by atoms with Gasteiger partial charge in [-0.1, -0.05) is 129 Å². The lowest BCUT2D eigenvalue weighted by atomic mass is 9.78. The lowest BCUT2D eigenvalue weighted by Crippen LogP contribution is -2.15. The van der Waals surface area contributed by atoms with Gasteiger partial charge in [0.1, 0.15) is 11.2 Å². The normalized spacial score (nSPS) is 13.6. The van der Waals surface area contributed by atoms with Crippen molar-refractivity contribution in [2.45, 2.75) is 19.3 Å². The van der Waals surface area contributed by atoms with Crippen LogP contribution in [0.3, 0.4) is 0 Å². The smallest absolute Gasteiger partial charge is 0.143 e. The van der Waals surface area contributed by atoms with E-state index in [0.717, 1.165) is 21.9 Å². The second-order valence-electron chi connectivity index (χ2n) is 13.3.